The average molecular weight is 361 g/mol. The van der Waals surface area contributed by atoms with Crippen LogP contribution in [0.1, 0.15) is 52.1 Å². The number of carbonyl (C=O) groups excluding carboxylic acids is 2. The zero-order chi connectivity index (χ0) is 18.7. The maximum Gasteiger partial charge on any atom is 0.272 e. The summed E-state index contributed by atoms with van der Waals surface area (Å²) in [6.07, 6.45) is 1.77. The van der Waals surface area contributed by atoms with Crippen LogP contribution in [0.15, 0.2) is 36.5 Å². The Morgan fingerprint density at radius 2 is 1.88 bits per heavy atom. The average Bonchev–Trinajstić information content (AvgIpc) is 3.13. The molecule has 3 rings (SSSR count). The molecule has 1 aromatic heterocycles. The van der Waals surface area contributed by atoms with Gasteiger partial charge in [-0.05, 0) is 49.6 Å². The molecule has 1 aliphatic rings. The van der Waals surface area contributed by atoms with Crippen LogP contribution < -0.4 is 10.6 Å². The molecule has 1 aliphatic carbocycles. The summed E-state index contributed by atoms with van der Waals surface area (Å²) in [6, 6.07) is 8.13. The Morgan fingerprint density at radius 3 is 2.54 bits per heavy atom. The van der Waals surface area contributed by atoms with Gasteiger partial charge in [0.25, 0.3) is 11.8 Å². The number of anilines is 1. The van der Waals surface area contributed by atoms with Crippen LogP contribution in [0.4, 0.5) is 14.5 Å². The van der Waals surface area contributed by atoms with Crippen molar-refractivity contribution < 1.29 is 18.4 Å². The van der Waals surface area contributed by atoms with Gasteiger partial charge < -0.3 is 15.6 Å². The number of hydrogen-bond donors (Lipinski definition) is 3. The van der Waals surface area contributed by atoms with Crippen LogP contribution in [0.3, 0.4) is 0 Å². The van der Waals surface area contributed by atoms with E-state index >= 15 is 0 Å². The summed E-state index contributed by atoms with van der Waals surface area (Å²) in [5.41, 5.74) is 2.16. The van der Waals surface area contributed by atoms with Gasteiger partial charge in [0.2, 0.25) is 5.92 Å². The normalized spacial score (nSPS) is 16.9. The maximum atomic E-state index is 13.2. The number of aromatic nitrogens is 1. The summed E-state index contributed by atoms with van der Waals surface area (Å²) in [5, 5.41) is 5.58. The maximum absolute atomic E-state index is 13.2. The van der Waals surface area contributed by atoms with Crippen molar-refractivity contribution >= 4 is 17.5 Å². The lowest BCUT2D eigenvalue weighted by Crippen LogP contribution is -2.40. The molecule has 1 heterocycles. The second-order valence-corrected chi connectivity index (χ2v) is 6.67. The van der Waals surface area contributed by atoms with Crippen molar-refractivity contribution in [1.82, 2.24) is 10.3 Å². The standard InChI is InChI=1S/C19H21F2N3O2/c1-12-4-5-13(11-16(12)24-18(26)15-3-2-10-22-15)17(25)23-14-6-8-19(20,21)9-7-14/h2-5,10-11,14,22H,6-9H2,1H3,(H,23,25)(H,24,26). The van der Waals surface area contributed by atoms with Crippen molar-refractivity contribution in [2.75, 3.05) is 5.32 Å². The van der Waals surface area contributed by atoms with E-state index in [0.717, 1.165) is 5.56 Å². The highest BCUT2D eigenvalue weighted by Crippen LogP contribution is 2.33. The highest BCUT2D eigenvalue weighted by Gasteiger charge is 2.35. The Balaban J connectivity index is 1.67. The monoisotopic (exact) mass is 361 g/mol. The van der Waals surface area contributed by atoms with E-state index in [1.807, 2.05) is 6.92 Å². The minimum atomic E-state index is -2.62. The number of hydrogen-bond acceptors (Lipinski definition) is 2. The summed E-state index contributed by atoms with van der Waals surface area (Å²) in [5.74, 6) is -3.25. The number of aryl methyl sites for hydroxylation is 1. The first-order valence-corrected chi connectivity index (χ1v) is 8.58. The van der Waals surface area contributed by atoms with Gasteiger partial charge in [0.1, 0.15) is 5.69 Å². The van der Waals surface area contributed by atoms with E-state index in [0.29, 0.717) is 16.9 Å². The fourth-order valence-electron chi connectivity index (χ4n) is 3.01. The molecule has 0 radical (unpaired) electrons. The Bertz CT molecular complexity index is 793. The van der Waals surface area contributed by atoms with Crippen LogP contribution in [0.5, 0.6) is 0 Å². The van der Waals surface area contributed by atoms with Gasteiger partial charge in [-0.1, -0.05) is 6.07 Å². The van der Waals surface area contributed by atoms with Crippen LogP contribution in [-0.4, -0.2) is 28.8 Å². The van der Waals surface area contributed by atoms with Gasteiger partial charge >= 0.3 is 0 Å². The zero-order valence-electron chi connectivity index (χ0n) is 14.4. The molecule has 0 atom stereocenters. The minimum Gasteiger partial charge on any atom is -0.357 e. The summed E-state index contributed by atoms with van der Waals surface area (Å²) >= 11 is 0. The van der Waals surface area contributed by atoms with Gasteiger partial charge in [0.15, 0.2) is 0 Å². The van der Waals surface area contributed by atoms with E-state index in [-0.39, 0.29) is 43.5 Å². The lowest BCUT2D eigenvalue weighted by molar-refractivity contribution is -0.0399. The molecule has 0 saturated heterocycles. The third-order valence-electron chi connectivity index (χ3n) is 4.64. The number of amides is 2. The van der Waals surface area contributed by atoms with Crippen molar-refractivity contribution in [3.8, 4) is 0 Å². The SMILES string of the molecule is Cc1ccc(C(=O)NC2CCC(F)(F)CC2)cc1NC(=O)c1ccc[nH]1. The van der Waals surface area contributed by atoms with Gasteiger partial charge in [-0.25, -0.2) is 8.78 Å². The molecule has 138 valence electrons. The molecule has 0 unspecified atom stereocenters. The van der Waals surface area contributed by atoms with E-state index in [9.17, 15) is 18.4 Å². The summed E-state index contributed by atoms with van der Waals surface area (Å²) in [4.78, 5) is 27.4. The number of H-pyrrole nitrogens is 1. The van der Waals surface area contributed by atoms with Crippen LogP contribution in [0.25, 0.3) is 0 Å². The fraction of sp³-hybridized carbons (Fsp3) is 0.368. The van der Waals surface area contributed by atoms with E-state index in [1.54, 1.807) is 36.5 Å². The van der Waals surface area contributed by atoms with E-state index in [4.69, 9.17) is 0 Å². The number of halogens is 2. The Morgan fingerprint density at radius 1 is 1.15 bits per heavy atom. The van der Waals surface area contributed by atoms with Crippen molar-refractivity contribution in [2.45, 2.75) is 44.6 Å². The first-order chi connectivity index (χ1) is 12.3. The number of carbonyl (C=O) groups is 2. The lowest BCUT2D eigenvalue weighted by atomic mass is 9.92. The molecule has 2 amide bonds. The molecule has 0 aliphatic heterocycles. The zero-order valence-corrected chi connectivity index (χ0v) is 14.4. The Kier molecular flexibility index (Phi) is 5.06. The highest BCUT2D eigenvalue weighted by atomic mass is 19.3. The smallest absolute Gasteiger partial charge is 0.272 e. The predicted molar refractivity (Wildman–Crippen MR) is 94.6 cm³/mol. The second kappa shape index (κ2) is 7.27. The van der Waals surface area contributed by atoms with Crippen LogP contribution in [0, 0.1) is 6.92 Å². The second-order valence-electron chi connectivity index (χ2n) is 6.67. The van der Waals surface area contributed by atoms with E-state index in [1.165, 1.54) is 0 Å². The molecule has 1 aromatic carbocycles. The Labute approximate surface area is 150 Å². The topological polar surface area (TPSA) is 74.0 Å². The van der Waals surface area contributed by atoms with Crippen molar-refractivity contribution in [3.63, 3.8) is 0 Å². The fourth-order valence-corrected chi connectivity index (χ4v) is 3.01. The first-order valence-electron chi connectivity index (χ1n) is 8.58. The molecule has 3 N–H and O–H groups in total. The molecule has 7 heteroatoms. The van der Waals surface area contributed by atoms with Crippen molar-refractivity contribution in [3.05, 3.63) is 53.3 Å². The van der Waals surface area contributed by atoms with Gasteiger partial charge in [0, 0.05) is 36.3 Å². The summed E-state index contributed by atoms with van der Waals surface area (Å²) < 4.78 is 26.4. The molecule has 5 nitrogen and oxygen atoms in total. The van der Waals surface area contributed by atoms with E-state index < -0.39 is 5.92 Å². The third-order valence-corrected chi connectivity index (χ3v) is 4.64. The third kappa shape index (κ3) is 4.28. The molecular formula is C19H21F2N3O2. The minimum absolute atomic E-state index is 0.205. The van der Waals surface area contributed by atoms with Crippen LogP contribution in [-0.2, 0) is 0 Å². The van der Waals surface area contributed by atoms with Gasteiger partial charge in [0.05, 0.1) is 0 Å². The predicted octanol–water partition coefficient (Wildman–Crippen LogP) is 3.88. The lowest BCUT2D eigenvalue weighted by Gasteiger charge is -2.28. The molecule has 2 aromatic rings. The highest BCUT2D eigenvalue weighted by molar-refractivity contribution is 6.04. The van der Waals surface area contributed by atoms with Gasteiger partial charge in [-0.2, -0.15) is 0 Å². The van der Waals surface area contributed by atoms with Crippen LogP contribution >= 0.6 is 0 Å². The van der Waals surface area contributed by atoms with Crippen molar-refractivity contribution in [2.24, 2.45) is 0 Å². The number of rotatable bonds is 4. The largest absolute Gasteiger partial charge is 0.357 e. The molecule has 0 bridgehead atoms. The number of nitrogens with one attached hydrogen (secondary N) is 3. The summed E-state index contributed by atoms with van der Waals surface area (Å²) in [6.45, 7) is 1.83. The molecule has 1 saturated carbocycles. The summed E-state index contributed by atoms with van der Waals surface area (Å²) in [7, 11) is 0. The number of benzene rings is 1. The van der Waals surface area contributed by atoms with E-state index in [2.05, 4.69) is 15.6 Å². The Hall–Kier alpha value is -2.70. The number of alkyl halides is 2. The molecule has 26 heavy (non-hydrogen) atoms. The van der Waals surface area contributed by atoms with Gasteiger partial charge in [-0.3, -0.25) is 9.59 Å². The van der Waals surface area contributed by atoms with Crippen LogP contribution in [0.2, 0.25) is 0 Å². The first kappa shape index (κ1) is 18.1. The van der Waals surface area contributed by atoms with Gasteiger partial charge in [-0.15, -0.1) is 0 Å². The number of aromatic amines is 1. The molecule has 1 fully saturated rings. The van der Waals surface area contributed by atoms with Crippen molar-refractivity contribution in [1.29, 1.82) is 0 Å². The molecular weight excluding hydrogens is 340 g/mol. The quantitative estimate of drug-likeness (QED) is 0.773. The molecule has 0 spiro atoms.